The van der Waals surface area contributed by atoms with E-state index in [2.05, 4.69) is 10.2 Å². The molecule has 2 amide bonds. The number of benzene rings is 2. The molecule has 1 saturated heterocycles. The topological polar surface area (TPSA) is 103 Å². The largest absolute Gasteiger partial charge is 0.496 e. The zero-order valence-corrected chi connectivity index (χ0v) is 23.7. The average Bonchev–Trinajstić information content (AvgIpc) is 3.65. The highest BCUT2D eigenvalue weighted by molar-refractivity contribution is 7.99. The maximum absolute atomic E-state index is 13.5. The van der Waals surface area contributed by atoms with Gasteiger partial charge in [-0.2, -0.15) is 0 Å². The van der Waals surface area contributed by atoms with Gasteiger partial charge in [-0.15, -0.1) is 10.2 Å². The summed E-state index contributed by atoms with van der Waals surface area (Å²) in [5.74, 6) is 2.04. The highest BCUT2D eigenvalue weighted by Crippen LogP contribution is 2.32. The summed E-state index contributed by atoms with van der Waals surface area (Å²) in [6.07, 6.45) is 1.59. The molecular formula is C29H31N5O5S. The third-order valence-corrected chi connectivity index (χ3v) is 7.76. The van der Waals surface area contributed by atoms with Crippen molar-refractivity contribution in [3.8, 4) is 28.8 Å². The van der Waals surface area contributed by atoms with Crippen LogP contribution < -0.4 is 9.47 Å². The Hall–Kier alpha value is -4.25. The molecule has 1 aliphatic heterocycles. The molecule has 208 valence electrons. The molecule has 0 radical (unpaired) electrons. The number of carbonyl (C=O) groups excluding carboxylic acids is 2. The summed E-state index contributed by atoms with van der Waals surface area (Å²) in [5.41, 5.74) is 2.37. The summed E-state index contributed by atoms with van der Waals surface area (Å²) in [6.45, 7) is 5.21. The molecule has 0 spiro atoms. The van der Waals surface area contributed by atoms with Gasteiger partial charge in [0.15, 0.2) is 10.9 Å². The zero-order valence-electron chi connectivity index (χ0n) is 22.9. The molecule has 0 N–H and O–H groups in total. The quantitative estimate of drug-likeness (QED) is 0.293. The lowest BCUT2D eigenvalue weighted by atomic mass is 10.1. The minimum absolute atomic E-state index is 0.0304. The van der Waals surface area contributed by atoms with Gasteiger partial charge in [0.2, 0.25) is 11.7 Å². The Labute approximate surface area is 236 Å². The number of carbonyl (C=O) groups is 2. The number of methoxy groups -OCH3 is 2. The first-order valence-corrected chi connectivity index (χ1v) is 13.9. The van der Waals surface area contributed by atoms with Gasteiger partial charge in [0, 0.05) is 25.7 Å². The van der Waals surface area contributed by atoms with Crippen molar-refractivity contribution in [1.29, 1.82) is 0 Å². The van der Waals surface area contributed by atoms with Crippen LogP contribution in [0.3, 0.4) is 0 Å². The van der Waals surface area contributed by atoms with Gasteiger partial charge in [-0.25, -0.2) is 0 Å². The Bertz CT molecular complexity index is 1480. The average molecular weight is 562 g/mol. The van der Waals surface area contributed by atoms with Gasteiger partial charge in [-0.05, 0) is 55.8 Å². The van der Waals surface area contributed by atoms with Gasteiger partial charge in [0.1, 0.15) is 17.1 Å². The van der Waals surface area contributed by atoms with Crippen molar-refractivity contribution in [2.24, 2.45) is 0 Å². The van der Waals surface area contributed by atoms with E-state index < -0.39 is 0 Å². The van der Waals surface area contributed by atoms with Gasteiger partial charge in [-0.3, -0.25) is 14.2 Å². The maximum atomic E-state index is 13.5. The van der Waals surface area contributed by atoms with E-state index in [0.29, 0.717) is 53.4 Å². The van der Waals surface area contributed by atoms with Gasteiger partial charge in [0.25, 0.3) is 5.91 Å². The molecule has 1 unspecified atom stereocenters. The third-order valence-electron chi connectivity index (χ3n) is 6.84. The highest BCUT2D eigenvalue weighted by Gasteiger charge is 2.33. The fraction of sp³-hybridized carbons (Fsp3) is 0.310. The Kier molecular flexibility index (Phi) is 8.11. The number of nitrogens with zero attached hydrogens (tertiary/aromatic N) is 5. The molecule has 40 heavy (non-hydrogen) atoms. The molecule has 1 atom stereocenters. The van der Waals surface area contributed by atoms with Crippen molar-refractivity contribution in [1.82, 2.24) is 24.6 Å². The first-order chi connectivity index (χ1) is 19.4. The van der Waals surface area contributed by atoms with Crippen LogP contribution in [-0.4, -0.2) is 82.0 Å². The first-order valence-electron chi connectivity index (χ1n) is 12.9. The molecule has 10 nitrogen and oxygen atoms in total. The van der Waals surface area contributed by atoms with Gasteiger partial charge >= 0.3 is 0 Å². The molecule has 0 aliphatic carbocycles. The zero-order chi connectivity index (χ0) is 28.2. The fourth-order valence-electron chi connectivity index (χ4n) is 4.84. The van der Waals surface area contributed by atoms with Crippen LogP contribution in [-0.2, 0) is 4.79 Å². The van der Waals surface area contributed by atoms with E-state index in [1.54, 1.807) is 40.3 Å². The molecule has 0 saturated carbocycles. The van der Waals surface area contributed by atoms with E-state index in [-0.39, 0.29) is 23.6 Å². The third kappa shape index (κ3) is 5.42. The van der Waals surface area contributed by atoms with Crippen molar-refractivity contribution in [2.45, 2.75) is 25.0 Å². The minimum atomic E-state index is -0.189. The summed E-state index contributed by atoms with van der Waals surface area (Å²) >= 11 is 1.33. The van der Waals surface area contributed by atoms with Crippen LogP contribution >= 0.6 is 11.8 Å². The second-order valence-corrected chi connectivity index (χ2v) is 10.4. The summed E-state index contributed by atoms with van der Waals surface area (Å²) < 4.78 is 18.4. The molecule has 11 heteroatoms. The van der Waals surface area contributed by atoms with Crippen molar-refractivity contribution >= 4 is 23.6 Å². The maximum Gasteiger partial charge on any atom is 0.261 e. The Morgan fingerprint density at radius 2 is 1.77 bits per heavy atom. The first kappa shape index (κ1) is 27.3. The van der Waals surface area contributed by atoms with Crippen LogP contribution in [0, 0.1) is 6.92 Å². The standard InChI is InChI=1S/C29H31N5O5S/c1-19-8-5-9-21(16-19)34-27(24-12-7-15-39-24)30-31-29(34)40-18-25(35)32-13-14-33(20(2)17-32)28(36)26-22(37-3)10-6-11-23(26)38-4/h5-12,15-16,20H,13-14,17-18H2,1-4H3. The molecule has 2 aromatic carbocycles. The van der Waals surface area contributed by atoms with E-state index >= 15 is 0 Å². The number of piperazine rings is 1. The molecule has 0 bridgehead atoms. The Morgan fingerprint density at radius 3 is 2.42 bits per heavy atom. The molecule has 4 aromatic rings. The monoisotopic (exact) mass is 561 g/mol. The number of thioether (sulfide) groups is 1. The van der Waals surface area contributed by atoms with Gasteiger partial charge < -0.3 is 23.7 Å². The molecular weight excluding hydrogens is 530 g/mol. The number of hydrogen-bond donors (Lipinski definition) is 0. The molecule has 1 aliphatic rings. The second-order valence-electron chi connectivity index (χ2n) is 9.47. The normalized spacial score (nSPS) is 15.2. The molecule has 3 heterocycles. The number of aromatic nitrogens is 3. The van der Waals surface area contributed by atoms with E-state index in [0.717, 1.165) is 11.3 Å². The summed E-state index contributed by atoms with van der Waals surface area (Å²) in [5, 5.41) is 9.34. The molecule has 1 fully saturated rings. The number of ether oxygens (including phenoxy) is 2. The Balaban J connectivity index is 1.28. The van der Waals surface area contributed by atoms with Crippen LogP contribution in [0.25, 0.3) is 17.3 Å². The summed E-state index contributed by atoms with van der Waals surface area (Å²) in [4.78, 5) is 30.3. The lowest BCUT2D eigenvalue weighted by molar-refractivity contribution is -0.130. The van der Waals surface area contributed by atoms with Crippen LogP contribution in [0.5, 0.6) is 11.5 Å². The molecule has 2 aromatic heterocycles. The van der Waals surface area contributed by atoms with Gasteiger partial charge in [-0.1, -0.05) is 30.0 Å². The summed E-state index contributed by atoms with van der Waals surface area (Å²) in [6, 6.07) is 16.7. The van der Waals surface area contributed by atoms with Crippen molar-refractivity contribution in [3.63, 3.8) is 0 Å². The smallest absolute Gasteiger partial charge is 0.261 e. The van der Waals surface area contributed by atoms with Crippen LogP contribution in [0.1, 0.15) is 22.8 Å². The second kappa shape index (κ2) is 11.9. The highest BCUT2D eigenvalue weighted by atomic mass is 32.2. The number of furan rings is 1. The lowest BCUT2D eigenvalue weighted by Gasteiger charge is -2.40. The minimum Gasteiger partial charge on any atom is -0.496 e. The van der Waals surface area contributed by atoms with E-state index in [9.17, 15) is 9.59 Å². The summed E-state index contributed by atoms with van der Waals surface area (Å²) in [7, 11) is 3.06. The van der Waals surface area contributed by atoms with Crippen molar-refractivity contribution < 1.29 is 23.5 Å². The predicted molar refractivity (Wildman–Crippen MR) is 151 cm³/mol. The number of rotatable bonds is 8. The van der Waals surface area contributed by atoms with E-state index in [4.69, 9.17) is 13.9 Å². The van der Waals surface area contributed by atoms with Crippen molar-refractivity contribution in [3.05, 3.63) is 72.0 Å². The number of amides is 2. The SMILES string of the molecule is COc1cccc(OC)c1C(=O)N1CCN(C(=O)CSc2nnc(-c3ccco3)n2-c2cccc(C)c2)CC1C. The van der Waals surface area contributed by atoms with Gasteiger partial charge in [0.05, 0.1) is 31.9 Å². The van der Waals surface area contributed by atoms with Crippen LogP contribution in [0.15, 0.2) is 70.4 Å². The molecule has 5 rings (SSSR count). The van der Waals surface area contributed by atoms with E-state index in [1.165, 1.54) is 26.0 Å². The number of hydrogen-bond acceptors (Lipinski definition) is 8. The van der Waals surface area contributed by atoms with E-state index in [1.807, 2.05) is 48.7 Å². The van der Waals surface area contributed by atoms with Crippen molar-refractivity contribution in [2.75, 3.05) is 39.6 Å². The fourth-order valence-corrected chi connectivity index (χ4v) is 5.69. The lowest BCUT2D eigenvalue weighted by Crippen LogP contribution is -2.55. The predicted octanol–water partition coefficient (Wildman–Crippen LogP) is 4.32. The number of aryl methyl sites for hydroxylation is 1. The van der Waals surface area contributed by atoms with Crippen LogP contribution in [0.2, 0.25) is 0 Å². The van der Waals surface area contributed by atoms with Crippen LogP contribution in [0.4, 0.5) is 0 Å². The Morgan fingerprint density at radius 1 is 1.02 bits per heavy atom.